The Bertz CT molecular complexity index is 1470. The third-order valence-electron chi connectivity index (χ3n) is 5.67. The predicted molar refractivity (Wildman–Crippen MR) is 151 cm³/mol. The molecule has 0 radical (unpaired) electrons. The van der Waals surface area contributed by atoms with Crippen LogP contribution in [0.4, 0.5) is 5.69 Å². The van der Waals surface area contributed by atoms with Crippen LogP contribution in [-0.2, 0) is 21.4 Å². The molecule has 7 nitrogen and oxygen atoms in total. The normalized spacial score (nSPS) is 11.5. The summed E-state index contributed by atoms with van der Waals surface area (Å²) in [4.78, 5) is 17.2. The van der Waals surface area contributed by atoms with Gasteiger partial charge in [-0.3, -0.25) is 9.78 Å². The Balaban J connectivity index is 1.35. The third kappa shape index (κ3) is 7.29. The first kappa shape index (κ1) is 27.1. The average Bonchev–Trinajstić information content (AvgIpc) is 2.89. The SMILES string of the molecule is O=C(CN(Cc1ccc(Br)cc1)S(=O)(=O)c1ccccc1)NCCCNc1ccnc2cc(Cl)ccc12. The number of rotatable bonds is 11. The smallest absolute Gasteiger partial charge is 0.243 e. The highest BCUT2D eigenvalue weighted by atomic mass is 79.9. The minimum absolute atomic E-state index is 0.0820. The van der Waals surface area contributed by atoms with Crippen LogP contribution in [0.5, 0.6) is 0 Å². The minimum Gasteiger partial charge on any atom is -0.384 e. The second kappa shape index (κ2) is 12.5. The molecule has 0 atom stereocenters. The highest BCUT2D eigenvalue weighted by Crippen LogP contribution is 2.24. The van der Waals surface area contributed by atoms with E-state index in [1.807, 2.05) is 48.5 Å². The fourth-order valence-electron chi connectivity index (χ4n) is 3.79. The maximum Gasteiger partial charge on any atom is 0.243 e. The number of sulfonamides is 1. The zero-order valence-corrected chi connectivity index (χ0v) is 23.1. The van der Waals surface area contributed by atoms with Crippen LogP contribution in [0, 0.1) is 0 Å². The Morgan fingerprint density at radius 3 is 2.49 bits per heavy atom. The summed E-state index contributed by atoms with van der Waals surface area (Å²) >= 11 is 9.44. The molecular weight excluding hydrogens is 576 g/mol. The lowest BCUT2D eigenvalue weighted by Crippen LogP contribution is -2.40. The first-order valence-electron chi connectivity index (χ1n) is 11.7. The van der Waals surface area contributed by atoms with Gasteiger partial charge < -0.3 is 10.6 Å². The predicted octanol–water partition coefficient (Wildman–Crippen LogP) is 5.46. The van der Waals surface area contributed by atoms with Crippen molar-refractivity contribution in [1.29, 1.82) is 0 Å². The Kier molecular flexibility index (Phi) is 9.15. The van der Waals surface area contributed by atoms with Crippen molar-refractivity contribution >= 4 is 60.1 Å². The molecule has 4 aromatic rings. The van der Waals surface area contributed by atoms with Gasteiger partial charge in [-0.05, 0) is 60.5 Å². The first-order chi connectivity index (χ1) is 17.8. The van der Waals surface area contributed by atoms with Crippen LogP contribution in [0.3, 0.4) is 0 Å². The number of anilines is 1. The molecule has 0 saturated heterocycles. The highest BCUT2D eigenvalue weighted by molar-refractivity contribution is 9.10. The molecule has 1 heterocycles. The topological polar surface area (TPSA) is 91.4 Å². The molecule has 37 heavy (non-hydrogen) atoms. The number of amides is 1. The number of carbonyl (C=O) groups excluding carboxylic acids is 1. The monoisotopic (exact) mass is 600 g/mol. The van der Waals surface area contributed by atoms with Crippen LogP contribution >= 0.6 is 27.5 Å². The summed E-state index contributed by atoms with van der Waals surface area (Å²) in [6, 6.07) is 22.9. The molecule has 0 aliphatic heterocycles. The number of carbonyl (C=O) groups is 1. The lowest BCUT2D eigenvalue weighted by molar-refractivity contribution is -0.121. The summed E-state index contributed by atoms with van der Waals surface area (Å²) in [6.07, 6.45) is 2.37. The van der Waals surface area contributed by atoms with E-state index in [0.717, 1.165) is 26.6 Å². The van der Waals surface area contributed by atoms with Gasteiger partial charge in [0.15, 0.2) is 0 Å². The summed E-state index contributed by atoms with van der Waals surface area (Å²) in [5.41, 5.74) is 2.52. The van der Waals surface area contributed by atoms with E-state index in [-0.39, 0.29) is 23.9 Å². The lowest BCUT2D eigenvalue weighted by Gasteiger charge is -2.22. The van der Waals surface area contributed by atoms with Gasteiger partial charge >= 0.3 is 0 Å². The standard InChI is InChI=1S/C27H26BrClN4O3S/c28-21-9-7-20(8-10-21)18-33(37(35,36)23-5-2-1-3-6-23)19-27(34)32-15-4-14-30-25-13-16-31-26-17-22(29)11-12-24(25)26/h1-3,5-13,16-17H,4,14-15,18-19H2,(H,30,31)(H,32,34). The summed E-state index contributed by atoms with van der Waals surface area (Å²) < 4.78 is 28.7. The highest BCUT2D eigenvalue weighted by Gasteiger charge is 2.26. The number of nitrogens with zero attached hydrogens (tertiary/aromatic N) is 2. The molecule has 4 rings (SSSR count). The molecule has 0 unspecified atom stereocenters. The molecule has 0 aliphatic rings. The van der Waals surface area contributed by atoms with Gasteiger partial charge in [0.25, 0.3) is 0 Å². The number of benzene rings is 3. The van der Waals surface area contributed by atoms with Gasteiger partial charge in [0.05, 0.1) is 17.0 Å². The van der Waals surface area contributed by atoms with E-state index in [9.17, 15) is 13.2 Å². The van der Waals surface area contributed by atoms with Crippen molar-refractivity contribution in [2.24, 2.45) is 0 Å². The Morgan fingerprint density at radius 2 is 1.73 bits per heavy atom. The molecule has 0 fully saturated rings. The van der Waals surface area contributed by atoms with Crippen molar-refractivity contribution in [3.05, 3.63) is 100 Å². The third-order valence-corrected chi connectivity index (χ3v) is 8.24. The summed E-state index contributed by atoms with van der Waals surface area (Å²) in [5, 5.41) is 7.79. The van der Waals surface area contributed by atoms with Gasteiger partial charge in [-0.15, -0.1) is 0 Å². The van der Waals surface area contributed by atoms with Gasteiger partial charge in [0, 0.05) is 46.4 Å². The van der Waals surface area contributed by atoms with E-state index in [4.69, 9.17) is 11.6 Å². The molecule has 1 amide bonds. The fraction of sp³-hybridized carbons (Fsp3) is 0.185. The van der Waals surface area contributed by atoms with Gasteiger partial charge in [-0.1, -0.05) is 57.9 Å². The summed E-state index contributed by atoms with van der Waals surface area (Å²) in [6.45, 7) is 0.820. The number of fused-ring (bicyclic) bond motifs is 1. The van der Waals surface area contributed by atoms with Crippen molar-refractivity contribution in [2.45, 2.75) is 17.9 Å². The van der Waals surface area contributed by atoms with Crippen molar-refractivity contribution < 1.29 is 13.2 Å². The molecule has 0 spiro atoms. The van der Waals surface area contributed by atoms with Crippen molar-refractivity contribution in [2.75, 3.05) is 25.0 Å². The van der Waals surface area contributed by atoms with Crippen LogP contribution < -0.4 is 10.6 Å². The van der Waals surface area contributed by atoms with Crippen molar-refractivity contribution in [1.82, 2.24) is 14.6 Å². The molecule has 2 N–H and O–H groups in total. The molecule has 0 saturated carbocycles. The Hall–Kier alpha value is -2.98. The van der Waals surface area contributed by atoms with E-state index in [2.05, 4.69) is 31.5 Å². The largest absolute Gasteiger partial charge is 0.384 e. The second-order valence-corrected chi connectivity index (χ2v) is 11.7. The van der Waals surface area contributed by atoms with Gasteiger partial charge in [-0.25, -0.2) is 8.42 Å². The number of hydrogen-bond donors (Lipinski definition) is 2. The Labute approximate surface area is 230 Å². The van der Waals surface area contributed by atoms with Crippen LogP contribution in [0.15, 0.2) is 94.4 Å². The average molecular weight is 602 g/mol. The van der Waals surface area contributed by atoms with Gasteiger partial charge in [-0.2, -0.15) is 4.31 Å². The fourth-order valence-corrected chi connectivity index (χ4v) is 5.63. The number of halogens is 2. The quantitative estimate of drug-likeness (QED) is 0.223. The van der Waals surface area contributed by atoms with Gasteiger partial charge in [0.1, 0.15) is 0 Å². The van der Waals surface area contributed by atoms with E-state index in [1.54, 1.807) is 24.4 Å². The summed E-state index contributed by atoms with van der Waals surface area (Å²) in [5.74, 6) is -0.361. The van der Waals surface area contributed by atoms with E-state index >= 15 is 0 Å². The van der Waals surface area contributed by atoms with Crippen LogP contribution in [0.25, 0.3) is 10.9 Å². The van der Waals surface area contributed by atoms with E-state index in [1.165, 1.54) is 16.4 Å². The zero-order chi connectivity index (χ0) is 26.3. The molecule has 0 aliphatic carbocycles. The van der Waals surface area contributed by atoms with Gasteiger partial charge in [0.2, 0.25) is 15.9 Å². The van der Waals surface area contributed by atoms with Crippen LogP contribution in [-0.4, -0.2) is 43.2 Å². The first-order valence-corrected chi connectivity index (χ1v) is 14.3. The molecule has 1 aromatic heterocycles. The molecular formula is C27H26BrClN4O3S. The minimum atomic E-state index is -3.87. The molecule has 192 valence electrons. The Morgan fingerprint density at radius 1 is 0.973 bits per heavy atom. The second-order valence-electron chi connectivity index (χ2n) is 8.36. The number of nitrogens with one attached hydrogen (secondary N) is 2. The van der Waals surface area contributed by atoms with Crippen molar-refractivity contribution in [3.63, 3.8) is 0 Å². The molecule has 3 aromatic carbocycles. The molecule has 0 bridgehead atoms. The molecule has 10 heteroatoms. The van der Waals surface area contributed by atoms with Crippen LogP contribution in [0.1, 0.15) is 12.0 Å². The summed E-state index contributed by atoms with van der Waals surface area (Å²) in [7, 11) is -3.87. The zero-order valence-electron chi connectivity index (χ0n) is 19.9. The van der Waals surface area contributed by atoms with Crippen molar-refractivity contribution in [3.8, 4) is 0 Å². The van der Waals surface area contributed by atoms with Crippen LogP contribution in [0.2, 0.25) is 5.02 Å². The lowest BCUT2D eigenvalue weighted by atomic mass is 10.2. The van der Waals surface area contributed by atoms with E-state index in [0.29, 0.717) is 24.5 Å². The number of hydrogen-bond acceptors (Lipinski definition) is 5. The number of aromatic nitrogens is 1. The maximum absolute atomic E-state index is 13.3. The van der Waals surface area contributed by atoms with E-state index < -0.39 is 10.0 Å². The number of pyridine rings is 1. The maximum atomic E-state index is 13.3.